The molecule has 0 unspecified atom stereocenters. The summed E-state index contributed by atoms with van der Waals surface area (Å²) in [5, 5.41) is 3.40. The van der Waals surface area contributed by atoms with Crippen molar-refractivity contribution in [1.29, 1.82) is 0 Å². The molecule has 1 aromatic heterocycles. The van der Waals surface area contributed by atoms with Gasteiger partial charge in [-0.25, -0.2) is 4.39 Å². The fourth-order valence-electron chi connectivity index (χ4n) is 2.02. The molecule has 1 N–H and O–H groups in total. The van der Waals surface area contributed by atoms with E-state index < -0.39 is 0 Å². The normalized spacial score (nSPS) is 15.0. The van der Waals surface area contributed by atoms with Crippen molar-refractivity contribution in [2.45, 2.75) is 32.4 Å². The fourth-order valence-corrected chi connectivity index (χ4v) is 2.02. The van der Waals surface area contributed by atoms with E-state index in [0.717, 1.165) is 23.6 Å². The van der Waals surface area contributed by atoms with Gasteiger partial charge in [0.1, 0.15) is 17.3 Å². The van der Waals surface area contributed by atoms with Crippen LogP contribution in [0.5, 0.6) is 0 Å². The Bertz CT molecular complexity index is 557. The van der Waals surface area contributed by atoms with E-state index in [1.165, 1.54) is 18.9 Å². The van der Waals surface area contributed by atoms with Gasteiger partial charge in [0.25, 0.3) is 0 Å². The molecule has 0 atom stereocenters. The molecule has 3 heteroatoms. The lowest BCUT2D eigenvalue weighted by atomic mass is 10.1. The van der Waals surface area contributed by atoms with Crippen molar-refractivity contribution in [3.8, 4) is 11.3 Å². The first-order chi connectivity index (χ1) is 8.74. The highest BCUT2D eigenvalue weighted by Crippen LogP contribution is 2.27. The van der Waals surface area contributed by atoms with E-state index >= 15 is 0 Å². The molecule has 1 fully saturated rings. The van der Waals surface area contributed by atoms with Crippen LogP contribution in [0, 0.1) is 12.7 Å². The Morgan fingerprint density at radius 1 is 1.28 bits per heavy atom. The topological polar surface area (TPSA) is 25.2 Å². The van der Waals surface area contributed by atoms with Gasteiger partial charge in [-0.15, -0.1) is 0 Å². The smallest absolute Gasteiger partial charge is 0.134 e. The zero-order chi connectivity index (χ0) is 12.5. The van der Waals surface area contributed by atoms with Crippen LogP contribution in [-0.4, -0.2) is 6.04 Å². The SMILES string of the molecule is Cc1c(F)cccc1-c1ccc(CNC2CC2)o1. The van der Waals surface area contributed by atoms with E-state index in [1.807, 2.05) is 18.2 Å². The molecule has 2 nitrogen and oxygen atoms in total. The van der Waals surface area contributed by atoms with Crippen LogP contribution in [0.25, 0.3) is 11.3 Å². The van der Waals surface area contributed by atoms with Crippen molar-refractivity contribution >= 4 is 0 Å². The molecule has 1 heterocycles. The fraction of sp³-hybridized carbons (Fsp3) is 0.333. The summed E-state index contributed by atoms with van der Waals surface area (Å²) >= 11 is 0. The maximum absolute atomic E-state index is 13.5. The van der Waals surface area contributed by atoms with E-state index in [9.17, 15) is 4.39 Å². The van der Waals surface area contributed by atoms with Crippen molar-refractivity contribution in [3.05, 3.63) is 47.5 Å². The first-order valence-corrected chi connectivity index (χ1v) is 6.31. The summed E-state index contributed by atoms with van der Waals surface area (Å²) in [7, 11) is 0. The Balaban J connectivity index is 1.80. The highest BCUT2D eigenvalue weighted by molar-refractivity contribution is 5.62. The number of hydrogen-bond acceptors (Lipinski definition) is 2. The van der Waals surface area contributed by atoms with Gasteiger partial charge in [-0.3, -0.25) is 0 Å². The highest BCUT2D eigenvalue weighted by Gasteiger charge is 2.20. The number of hydrogen-bond donors (Lipinski definition) is 1. The molecule has 18 heavy (non-hydrogen) atoms. The molecule has 0 spiro atoms. The van der Waals surface area contributed by atoms with Crippen LogP contribution < -0.4 is 5.32 Å². The molecule has 94 valence electrons. The number of furan rings is 1. The summed E-state index contributed by atoms with van der Waals surface area (Å²) in [5.74, 6) is 1.45. The van der Waals surface area contributed by atoms with Gasteiger partial charge in [0.2, 0.25) is 0 Å². The van der Waals surface area contributed by atoms with E-state index in [4.69, 9.17) is 4.42 Å². The van der Waals surface area contributed by atoms with E-state index in [-0.39, 0.29) is 5.82 Å². The van der Waals surface area contributed by atoms with Crippen LogP contribution in [0.4, 0.5) is 4.39 Å². The molecule has 0 aliphatic heterocycles. The van der Waals surface area contributed by atoms with Gasteiger partial charge in [-0.05, 0) is 43.5 Å². The largest absolute Gasteiger partial charge is 0.460 e. The van der Waals surface area contributed by atoms with E-state index in [2.05, 4.69) is 5.32 Å². The second kappa shape index (κ2) is 4.58. The van der Waals surface area contributed by atoms with Crippen molar-refractivity contribution in [1.82, 2.24) is 5.32 Å². The summed E-state index contributed by atoms with van der Waals surface area (Å²) in [5.41, 5.74) is 1.46. The monoisotopic (exact) mass is 245 g/mol. The first kappa shape index (κ1) is 11.5. The number of nitrogens with one attached hydrogen (secondary N) is 1. The lowest BCUT2D eigenvalue weighted by Gasteiger charge is -2.03. The molecular weight excluding hydrogens is 229 g/mol. The molecule has 1 aromatic carbocycles. The molecule has 1 aliphatic rings. The van der Waals surface area contributed by atoms with Crippen LogP contribution in [0.15, 0.2) is 34.7 Å². The molecule has 0 saturated heterocycles. The lowest BCUT2D eigenvalue weighted by Crippen LogP contribution is -2.14. The molecule has 3 rings (SSSR count). The molecule has 0 amide bonds. The van der Waals surface area contributed by atoms with Crippen LogP contribution in [0.2, 0.25) is 0 Å². The van der Waals surface area contributed by atoms with Crippen LogP contribution in [0.3, 0.4) is 0 Å². The lowest BCUT2D eigenvalue weighted by molar-refractivity contribution is 0.492. The second-order valence-corrected chi connectivity index (χ2v) is 4.83. The van der Waals surface area contributed by atoms with E-state index in [1.54, 1.807) is 13.0 Å². The quantitative estimate of drug-likeness (QED) is 0.889. The molecule has 1 aliphatic carbocycles. The Labute approximate surface area is 106 Å². The van der Waals surface area contributed by atoms with Gasteiger partial charge >= 0.3 is 0 Å². The average molecular weight is 245 g/mol. The molecule has 2 aromatic rings. The molecule has 0 radical (unpaired) electrons. The average Bonchev–Trinajstić information content (AvgIpc) is 3.08. The Morgan fingerprint density at radius 2 is 2.11 bits per heavy atom. The van der Waals surface area contributed by atoms with Gasteiger partial charge in [0.15, 0.2) is 0 Å². The Hall–Kier alpha value is -1.61. The van der Waals surface area contributed by atoms with Crippen molar-refractivity contribution in [2.75, 3.05) is 0 Å². The van der Waals surface area contributed by atoms with Gasteiger partial charge < -0.3 is 9.73 Å². The summed E-state index contributed by atoms with van der Waals surface area (Å²) in [6.07, 6.45) is 2.52. The van der Waals surface area contributed by atoms with Crippen LogP contribution in [-0.2, 0) is 6.54 Å². The third-order valence-electron chi connectivity index (χ3n) is 3.34. The predicted octanol–water partition coefficient (Wildman–Crippen LogP) is 3.65. The van der Waals surface area contributed by atoms with Crippen molar-refractivity contribution < 1.29 is 8.81 Å². The van der Waals surface area contributed by atoms with E-state index in [0.29, 0.717) is 11.6 Å². The number of benzene rings is 1. The van der Waals surface area contributed by atoms with Gasteiger partial charge in [0, 0.05) is 11.6 Å². The zero-order valence-electron chi connectivity index (χ0n) is 10.4. The predicted molar refractivity (Wildman–Crippen MR) is 68.7 cm³/mol. The summed E-state index contributed by atoms with van der Waals surface area (Å²) < 4.78 is 19.2. The molecular formula is C15H16FNO. The maximum atomic E-state index is 13.5. The van der Waals surface area contributed by atoms with Crippen molar-refractivity contribution in [2.24, 2.45) is 0 Å². The third-order valence-corrected chi connectivity index (χ3v) is 3.34. The maximum Gasteiger partial charge on any atom is 0.134 e. The molecule has 0 bridgehead atoms. The Kier molecular flexibility index (Phi) is 2.92. The van der Waals surface area contributed by atoms with Gasteiger partial charge in [0.05, 0.1) is 6.54 Å². The summed E-state index contributed by atoms with van der Waals surface area (Å²) in [6.45, 7) is 2.52. The van der Waals surface area contributed by atoms with Crippen LogP contribution in [0.1, 0.15) is 24.2 Å². The first-order valence-electron chi connectivity index (χ1n) is 6.31. The summed E-state index contributed by atoms with van der Waals surface area (Å²) in [4.78, 5) is 0. The third kappa shape index (κ3) is 2.31. The minimum absolute atomic E-state index is 0.193. The zero-order valence-corrected chi connectivity index (χ0v) is 10.4. The summed E-state index contributed by atoms with van der Waals surface area (Å²) in [6, 6.07) is 9.59. The minimum atomic E-state index is -0.193. The van der Waals surface area contributed by atoms with Gasteiger partial charge in [-0.1, -0.05) is 12.1 Å². The van der Waals surface area contributed by atoms with Crippen LogP contribution >= 0.6 is 0 Å². The number of halogens is 1. The molecule has 1 saturated carbocycles. The second-order valence-electron chi connectivity index (χ2n) is 4.83. The minimum Gasteiger partial charge on any atom is -0.460 e. The van der Waals surface area contributed by atoms with Gasteiger partial charge in [-0.2, -0.15) is 0 Å². The number of rotatable bonds is 4. The Morgan fingerprint density at radius 3 is 2.89 bits per heavy atom. The highest BCUT2D eigenvalue weighted by atomic mass is 19.1. The van der Waals surface area contributed by atoms with Crippen molar-refractivity contribution in [3.63, 3.8) is 0 Å². The standard InChI is InChI=1S/C15H16FNO/c1-10-13(3-2-4-14(10)16)15-8-7-12(18-15)9-17-11-5-6-11/h2-4,7-8,11,17H,5-6,9H2,1H3.